The molecule has 0 spiro atoms. The fourth-order valence-corrected chi connectivity index (χ4v) is 3.89. The molecule has 1 unspecified atom stereocenters. The topological polar surface area (TPSA) is 52.0 Å². The van der Waals surface area contributed by atoms with Crippen LogP contribution in [0.1, 0.15) is 30.9 Å². The Morgan fingerprint density at radius 3 is 2.78 bits per heavy atom. The van der Waals surface area contributed by atoms with E-state index in [9.17, 15) is 9.18 Å². The lowest BCUT2D eigenvalue weighted by Crippen LogP contribution is -3.11. The Morgan fingerprint density at radius 2 is 1.93 bits per heavy atom. The van der Waals surface area contributed by atoms with E-state index in [1.807, 2.05) is 12.1 Å². The predicted octanol–water partition coefficient (Wildman–Crippen LogP) is 2.35. The van der Waals surface area contributed by atoms with Gasteiger partial charge in [0.1, 0.15) is 11.9 Å². The van der Waals surface area contributed by atoms with Gasteiger partial charge in [0.05, 0.1) is 25.4 Å². The standard InChI is InChI=1S/C21H23FN2O3/c22-16-5-1-2-6-17(16)23-21(25)14-24-10-3-7-18(24)15-8-9-19-20(13-15)27-12-4-11-26-19/h1-2,5-6,8-9,13,18H,3-4,7,10-12,14H2,(H,23,25)/p+1/t18-/m0/s1. The number of quaternary nitrogens is 1. The van der Waals surface area contributed by atoms with Crippen LogP contribution in [-0.2, 0) is 4.79 Å². The van der Waals surface area contributed by atoms with Gasteiger partial charge < -0.3 is 19.7 Å². The van der Waals surface area contributed by atoms with Crippen LogP contribution in [0.25, 0.3) is 0 Å². The van der Waals surface area contributed by atoms with Crippen LogP contribution in [0.5, 0.6) is 11.5 Å². The fraction of sp³-hybridized carbons (Fsp3) is 0.381. The van der Waals surface area contributed by atoms with Gasteiger partial charge in [-0.3, -0.25) is 4.79 Å². The molecule has 142 valence electrons. The fourth-order valence-electron chi connectivity index (χ4n) is 3.89. The van der Waals surface area contributed by atoms with Crippen LogP contribution in [0.3, 0.4) is 0 Å². The van der Waals surface area contributed by atoms with Gasteiger partial charge >= 0.3 is 0 Å². The van der Waals surface area contributed by atoms with Crippen molar-refractivity contribution in [2.24, 2.45) is 0 Å². The van der Waals surface area contributed by atoms with Crippen LogP contribution >= 0.6 is 0 Å². The van der Waals surface area contributed by atoms with Crippen molar-refractivity contribution >= 4 is 11.6 Å². The maximum Gasteiger partial charge on any atom is 0.279 e. The Balaban J connectivity index is 1.45. The Kier molecular flexibility index (Phi) is 5.25. The number of para-hydroxylation sites is 1. The van der Waals surface area contributed by atoms with E-state index in [-0.39, 0.29) is 17.6 Å². The molecular formula is C21H24FN2O3+. The number of carbonyl (C=O) groups is 1. The first-order chi connectivity index (χ1) is 13.2. The van der Waals surface area contributed by atoms with Crippen molar-refractivity contribution in [1.82, 2.24) is 0 Å². The van der Waals surface area contributed by atoms with E-state index in [1.54, 1.807) is 18.2 Å². The summed E-state index contributed by atoms with van der Waals surface area (Å²) in [6.45, 7) is 2.56. The SMILES string of the molecule is O=C(C[NH+]1CCC[C@H]1c1ccc2c(c1)OCCCO2)Nc1ccccc1F. The molecule has 5 nitrogen and oxygen atoms in total. The summed E-state index contributed by atoms with van der Waals surface area (Å²) in [6.07, 6.45) is 2.95. The van der Waals surface area contributed by atoms with E-state index < -0.39 is 5.82 Å². The highest BCUT2D eigenvalue weighted by molar-refractivity contribution is 5.91. The number of nitrogens with one attached hydrogen (secondary N) is 2. The highest BCUT2D eigenvalue weighted by Crippen LogP contribution is 2.33. The van der Waals surface area contributed by atoms with Crippen LogP contribution in [0.2, 0.25) is 0 Å². The molecule has 2 aromatic carbocycles. The number of fused-ring (bicyclic) bond motifs is 1. The molecule has 2 heterocycles. The molecule has 27 heavy (non-hydrogen) atoms. The molecule has 0 bridgehead atoms. The van der Waals surface area contributed by atoms with Crippen LogP contribution < -0.4 is 19.7 Å². The van der Waals surface area contributed by atoms with Gasteiger partial charge in [0.15, 0.2) is 18.0 Å². The largest absolute Gasteiger partial charge is 0.490 e. The van der Waals surface area contributed by atoms with Crippen molar-refractivity contribution in [2.75, 3.05) is 31.6 Å². The van der Waals surface area contributed by atoms with Crippen molar-refractivity contribution in [3.05, 3.63) is 53.8 Å². The van der Waals surface area contributed by atoms with Crippen LogP contribution in [0, 0.1) is 5.82 Å². The molecule has 4 rings (SSSR count). The number of hydrogen-bond donors (Lipinski definition) is 2. The Bertz CT molecular complexity index is 827. The summed E-state index contributed by atoms with van der Waals surface area (Å²) in [4.78, 5) is 13.6. The van der Waals surface area contributed by atoms with Gasteiger partial charge in [0.25, 0.3) is 5.91 Å². The first-order valence-corrected chi connectivity index (χ1v) is 9.49. The van der Waals surface area contributed by atoms with Crippen molar-refractivity contribution in [2.45, 2.75) is 25.3 Å². The van der Waals surface area contributed by atoms with E-state index in [0.717, 1.165) is 42.9 Å². The van der Waals surface area contributed by atoms with Gasteiger partial charge in [-0.1, -0.05) is 12.1 Å². The minimum atomic E-state index is -0.415. The highest BCUT2D eigenvalue weighted by Gasteiger charge is 2.32. The summed E-state index contributed by atoms with van der Waals surface area (Å²) in [5.74, 6) is 0.984. The lowest BCUT2D eigenvalue weighted by molar-refractivity contribution is -0.910. The zero-order valence-electron chi connectivity index (χ0n) is 15.2. The number of amides is 1. The zero-order valence-corrected chi connectivity index (χ0v) is 15.2. The maximum absolute atomic E-state index is 13.8. The molecule has 0 aromatic heterocycles. The molecule has 2 aliphatic rings. The summed E-state index contributed by atoms with van der Waals surface area (Å²) in [5.41, 5.74) is 1.39. The Morgan fingerprint density at radius 1 is 1.11 bits per heavy atom. The first-order valence-electron chi connectivity index (χ1n) is 9.49. The van der Waals surface area contributed by atoms with Crippen molar-refractivity contribution < 1.29 is 23.6 Å². The molecule has 6 heteroatoms. The van der Waals surface area contributed by atoms with Crippen molar-refractivity contribution in [1.29, 1.82) is 0 Å². The van der Waals surface area contributed by atoms with E-state index in [1.165, 1.54) is 11.0 Å². The normalized spacial score (nSPS) is 21.5. The minimum absolute atomic E-state index is 0.170. The average molecular weight is 371 g/mol. The van der Waals surface area contributed by atoms with Gasteiger partial charge in [-0.05, 0) is 30.3 Å². The lowest BCUT2D eigenvalue weighted by Gasteiger charge is -2.22. The summed E-state index contributed by atoms with van der Waals surface area (Å²) < 4.78 is 25.3. The van der Waals surface area contributed by atoms with Crippen molar-refractivity contribution in [3.8, 4) is 11.5 Å². The monoisotopic (exact) mass is 371 g/mol. The third-order valence-electron chi connectivity index (χ3n) is 5.19. The number of likely N-dealkylation sites (tertiary alicyclic amines) is 1. The summed E-state index contributed by atoms with van der Waals surface area (Å²) in [7, 11) is 0. The quantitative estimate of drug-likeness (QED) is 0.868. The number of rotatable bonds is 4. The average Bonchev–Trinajstić information content (AvgIpc) is 2.99. The van der Waals surface area contributed by atoms with E-state index in [0.29, 0.717) is 19.8 Å². The van der Waals surface area contributed by atoms with Gasteiger partial charge in [0, 0.05) is 24.8 Å². The van der Waals surface area contributed by atoms with E-state index >= 15 is 0 Å². The van der Waals surface area contributed by atoms with Gasteiger partial charge in [-0.2, -0.15) is 0 Å². The highest BCUT2D eigenvalue weighted by atomic mass is 19.1. The summed E-state index contributed by atoms with van der Waals surface area (Å²) >= 11 is 0. The van der Waals surface area contributed by atoms with E-state index in [2.05, 4.69) is 11.4 Å². The van der Waals surface area contributed by atoms with Crippen LogP contribution in [0.4, 0.5) is 10.1 Å². The lowest BCUT2D eigenvalue weighted by atomic mass is 10.0. The number of benzene rings is 2. The molecule has 1 fully saturated rings. The number of halogens is 1. The van der Waals surface area contributed by atoms with Gasteiger partial charge in [0.2, 0.25) is 0 Å². The number of anilines is 1. The number of carbonyl (C=O) groups excluding carboxylic acids is 1. The van der Waals surface area contributed by atoms with Crippen molar-refractivity contribution in [3.63, 3.8) is 0 Å². The molecule has 2 aliphatic heterocycles. The van der Waals surface area contributed by atoms with Gasteiger partial charge in [-0.15, -0.1) is 0 Å². The Hall–Kier alpha value is -2.60. The second-order valence-corrected chi connectivity index (χ2v) is 7.06. The third kappa shape index (κ3) is 4.06. The number of ether oxygens (including phenoxy) is 2. The molecule has 0 saturated carbocycles. The summed E-state index contributed by atoms with van der Waals surface area (Å²) in [5, 5.41) is 2.69. The van der Waals surface area contributed by atoms with E-state index in [4.69, 9.17) is 9.47 Å². The van der Waals surface area contributed by atoms with Crippen LogP contribution in [0.15, 0.2) is 42.5 Å². The predicted molar refractivity (Wildman–Crippen MR) is 99.8 cm³/mol. The molecule has 1 saturated heterocycles. The zero-order chi connectivity index (χ0) is 18.6. The summed E-state index contributed by atoms with van der Waals surface area (Å²) in [6, 6.07) is 12.6. The third-order valence-corrected chi connectivity index (χ3v) is 5.19. The maximum atomic E-state index is 13.8. The molecule has 0 aliphatic carbocycles. The molecular weight excluding hydrogens is 347 g/mol. The molecule has 2 N–H and O–H groups in total. The smallest absolute Gasteiger partial charge is 0.279 e. The number of hydrogen-bond acceptors (Lipinski definition) is 3. The minimum Gasteiger partial charge on any atom is -0.490 e. The second-order valence-electron chi connectivity index (χ2n) is 7.06. The van der Waals surface area contributed by atoms with Gasteiger partial charge in [-0.25, -0.2) is 4.39 Å². The molecule has 0 radical (unpaired) electrons. The Labute approximate surface area is 158 Å². The second kappa shape index (κ2) is 7.96. The first kappa shape index (κ1) is 17.8. The molecule has 2 aromatic rings. The molecule has 2 atom stereocenters. The molecule has 1 amide bonds. The van der Waals surface area contributed by atoms with Crippen LogP contribution in [-0.4, -0.2) is 32.2 Å².